The second-order valence-corrected chi connectivity index (χ2v) is 5.85. The predicted octanol–water partition coefficient (Wildman–Crippen LogP) is 3.89. The van der Waals surface area contributed by atoms with Crippen molar-refractivity contribution in [2.24, 2.45) is 0 Å². The Morgan fingerprint density at radius 2 is 2.14 bits per heavy atom. The molecule has 6 heteroatoms. The van der Waals surface area contributed by atoms with Gasteiger partial charge in [-0.1, -0.05) is 6.07 Å². The molecule has 0 fully saturated rings. The lowest BCUT2D eigenvalue weighted by Crippen LogP contribution is -2.32. The van der Waals surface area contributed by atoms with Gasteiger partial charge in [0.25, 0.3) is 5.69 Å². The van der Waals surface area contributed by atoms with Crippen LogP contribution in [0.2, 0.25) is 0 Å². The third kappa shape index (κ3) is 3.00. The molecule has 0 aliphatic carbocycles. The molecule has 22 heavy (non-hydrogen) atoms. The van der Waals surface area contributed by atoms with Crippen molar-refractivity contribution in [2.75, 3.05) is 0 Å². The lowest BCUT2D eigenvalue weighted by Gasteiger charge is -2.32. The molecular formula is C16H16N2O4. The van der Waals surface area contributed by atoms with Crippen LogP contribution in [0.25, 0.3) is 0 Å². The first-order valence-electron chi connectivity index (χ1n) is 7.03. The van der Waals surface area contributed by atoms with Gasteiger partial charge in [0.05, 0.1) is 4.92 Å². The molecule has 1 aliphatic heterocycles. The molecule has 6 nitrogen and oxygen atoms in total. The highest BCUT2D eigenvalue weighted by molar-refractivity contribution is 5.44. The number of hydrogen-bond donors (Lipinski definition) is 0. The normalized spacial score (nSPS) is 15.5. The first-order chi connectivity index (χ1) is 10.4. The van der Waals surface area contributed by atoms with Crippen molar-refractivity contribution in [1.82, 2.24) is 4.98 Å². The summed E-state index contributed by atoms with van der Waals surface area (Å²) >= 11 is 0. The zero-order valence-electron chi connectivity index (χ0n) is 12.4. The number of aromatic nitrogens is 1. The fourth-order valence-corrected chi connectivity index (χ4v) is 2.35. The van der Waals surface area contributed by atoms with E-state index in [2.05, 4.69) is 18.8 Å². The van der Waals surface area contributed by atoms with E-state index in [0.717, 1.165) is 24.2 Å². The number of rotatable bonds is 3. The van der Waals surface area contributed by atoms with Crippen LogP contribution in [0.4, 0.5) is 5.69 Å². The van der Waals surface area contributed by atoms with Crippen LogP contribution in [0.15, 0.2) is 36.5 Å². The van der Waals surface area contributed by atoms with Gasteiger partial charge in [-0.15, -0.1) is 0 Å². The molecule has 0 radical (unpaired) electrons. The van der Waals surface area contributed by atoms with Crippen LogP contribution in [0.1, 0.15) is 25.8 Å². The van der Waals surface area contributed by atoms with Crippen LogP contribution in [-0.2, 0) is 6.42 Å². The summed E-state index contributed by atoms with van der Waals surface area (Å²) in [5, 5.41) is 10.6. The maximum Gasteiger partial charge on any atom is 0.287 e. The number of hydrogen-bond acceptors (Lipinski definition) is 5. The van der Waals surface area contributed by atoms with E-state index >= 15 is 0 Å². The van der Waals surface area contributed by atoms with Gasteiger partial charge in [0, 0.05) is 18.2 Å². The van der Waals surface area contributed by atoms with E-state index in [-0.39, 0.29) is 11.3 Å². The number of nitrogens with zero attached hydrogens (tertiary/aromatic N) is 2. The number of benzene rings is 1. The Kier molecular flexibility index (Phi) is 3.44. The zero-order valence-corrected chi connectivity index (χ0v) is 12.4. The number of pyridine rings is 1. The second-order valence-electron chi connectivity index (χ2n) is 5.85. The largest absolute Gasteiger partial charge is 0.487 e. The first-order valence-corrected chi connectivity index (χ1v) is 7.03. The van der Waals surface area contributed by atoms with Crippen LogP contribution in [-0.4, -0.2) is 15.5 Å². The number of nitro groups is 1. The Labute approximate surface area is 127 Å². The quantitative estimate of drug-likeness (QED) is 0.635. The highest BCUT2D eigenvalue weighted by Gasteiger charge is 2.26. The Hall–Kier alpha value is -2.63. The third-order valence-corrected chi connectivity index (χ3v) is 3.58. The minimum absolute atomic E-state index is 0.0668. The Balaban J connectivity index is 1.80. The van der Waals surface area contributed by atoms with Crippen LogP contribution in [0.5, 0.6) is 17.4 Å². The van der Waals surface area contributed by atoms with Crippen molar-refractivity contribution in [2.45, 2.75) is 32.3 Å². The summed E-state index contributed by atoms with van der Waals surface area (Å²) in [6.07, 6.45) is 3.12. The molecule has 0 N–H and O–H groups in total. The van der Waals surface area contributed by atoms with Gasteiger partial charge in [-0.3, -0.25) is 10.1 Å². The monoisotopic (exact) mass is 300 g/mol. The van der Waals surface area contributed by atoms with E-state index in [9.17, 15) is 10.1 Å². The molecular weight excluding hydrogens is 284 g/mol. The molecule has 1 aliphatic rings. The van der Waals surface area contributed by atoms with E-state index in [1.54, 1.807) is 0 Å². The van der Waals surface area contributed by atoms with E-state index in [4.69, 9.17) is 9.47 Å². The number of ether oxygens (including phenoxy) is 2. The van der Waals surface area contributed by atoms with Crippen molar-refractivity contribution in [3.05, 3.63) is 52.2 Å². The van der Waals surface area contributed by atoms with E-state index in [1.807, 2.05) is 18.2 Å². The van der Waals surface area contributed by atoms with Gasteiger partial charge in [-0.05, 0) is 38.3 Å². The minimum atomic E-state index is -0.494. The molecule has 0 saturated carbocycles. The van der Waals surface area contributed by atoms with Crippen molar-refractivity contribution in [3.8, 4) is 17.4 Å². The van der Waals surface area contributed by atoms with Crippen LogP contribution in [0, 0.1) is 10.1 Å². The molecule has 0 amide bonds. The summed E-state index contributed by atoms with van der Waals surface area (Å²) in [6.45, 7) is 4.11. The van der Waals surface area contributed by atoms with Gasteiger partial charge >= 0.3 is 0 Å². The molecule has 0 bridgehead atoms. The van der Waals surface area contributed by atoms with Gasteiger partial charge in [0.1, 0.15) is 23.3 Å². The van der Waals surface area contributed by atoms with Crippen LogP contribution >= 0.6 is 0 Å². The lowest BCUT2D eigenvalue weighted by atomic mass is 9.94. The topological polar surface area (TPSA) is 74.5 Å². The maximum atomic E-state index is 10.6. The first kappa shape index (κ1) is 14.3. The smallest absolute Gasteiger partial charge is 0.287 e. The molecule has 3 rings (SSSR count). The summed E-state index contributed by atoms with van der Waals surface area (Å²) in [6, 6.07) is 8.50. The SMILES string of the molecule is CC1(C)CCc2ccc(Oc3ccc([N+](=O)[O-])cn3)cc2O1. The van der Waals surface area contributed by atoms with Crippen LogP contribution < -0.4 is 9.47 Å². The molecule has 0 atom stereocenters. The second kappa shape index (κ2) is 5.29. The summed E-state index contributed by atoms with van der Waals surface area (Å²) in [7, 11) is 0. The van der Waals surface area contributed by atoms with E-state index < -0.39 is 4.92 Å². The van der Waals surface area contributed by atoms with Crippen LogP contribution in [0.3, 0.4) is 0 Å². The van der Waals surface area contributed by atoms with Gasteiger partial charge in [0.2, 0.25) is 5.88 Å². The Morgan fingerprint density at radius 1 is 1.32 bits per heavy atom. The molecule has 0 spiro atoms. The average Bonchev–Trinajstić information content (AvgIpc) is 2.46. The van der Waals surface area contributed by atoms with E-state index in [1.165, 1.54) is 18.3 Å². The predicted molar refractivity (Wildman–Crippen MR) is 80.4 cm³/mol. The van der Waals surface area contributed by atoms with Crippen molar-refractivity contribution in [1.29, 1.82) is 0 Å². The molecule has 1 aromatic heterocycles. The Morgan fingerprint density at radius 3 is 2.82 bits per heavy atom. The van der Waals surface area contributed by atoms with E-state index in [0.29, 0.717) is 11.6 Å². The maximum absolute atomic E-state index is 10.6. The van der Waals surface area contributed by atoms with Gasteiger partial charge in [0.15, 0.2) is 0 Å². The summed E-state index contributed by atoms with van der Waals surface area (Å²) in [4.78, 5) is 14.0. The fraction of sp³-hybridized carbons (Fsp3) is 0.312. The number of fused-ring (bicyclic) bond motifs is 1. The number of aryl methyl sites for hydroxylation is 1. The zero-order chi connectivity index (χ0) is 15.7. The molecule has 0 unspecified atom stereocenters. The van der Waals surface area contributed by atoms with Gasteiger partial charge in [-0.2, -0.15) is 0 Å². The standard InChI is InChI=1S/C16H16N2O4/c1-16(2)8-7-11-3-5-13(9-14(11)22-16)21-15-6-4-12(10-17-15)18(19)20/h3-6,9-10H,7-8H2,1-2H3. The molecule has 0 saturated heterocycles. The highest BCUT2D eigenvalue weighted by atomic mass is 16.6. The third-order valence-electron chi connectivity index (χ3n) is 3.58. The average molecular weight is 300 g/mol. The molecule has 2 heterocycles. The summed E-state index contributed by atoms with van der Waals surface area (Å²) in [5.74, 6) is 1.72. The highest BCUT2D eigenvalue weighted by Crippen LogP contribution is 2.36. The molecule has 2 aromatic rings. The molecule has 114 valence electrons. The Bertz CT molecular complexity index is 711. The van der Waals surface area contributed by atoms with Gasteiger partial charge < -0.3 is 9.47 Å². The lowest BCUT2D eigenvalue weighted by molar-refractivity contribution is -0.385. The van der Waals surface area contributed by atoms with Crippen molar-refractivity contribution in [3.63, 3.8) is 0 Å². The fourth-order valence-electron chi connectivity index (χ4n) is 2.35. The summed E-state index contributed by atoms with van der Waals surface area (Å²) in [5.41, 5.74) is 0.906. The van der Waals surface area contributed by atoms with Gasteiger partial charge in [-0.25, -0.2) is 4.98 Å². The molecule has 1 aromatic carbocycles. The summed E-state index contributed by atoms with van der Waals surface area (Å²) < 4.78 is 11.6. The minimum Gasteiger partial charge on any atom is -0.487 e. The van der Waals surface area contributed by atoms with Crippen molar-refractivity contribution >= 4 is 5.69 Å². The van der Waals surface area contributed by atoms with Crippen molar-refractivity contribution < 1.29 is 14.4 Å².